The van der Waals surface area contributed by atoms with Crippen LogP contribution in [0.15, 0.2) is 12.4 Å². The number of ether oxygens (including phenoxy) is 1. The summed E-state index contributed by atoms with van der Waals surface area (Å²) in [5.41, 5.74) is 1.62. The van der Waals surface area contributed by atoms with Crippen LogP contribution in [0.3, 0.4) is 0 Å². The maximum atomic E-state index is 11.2. The molecule has 1 saturated carbocycles. The van der Waals surface area contributed by atoms with Crippen molar-refractivity contribution in [2.24, 2.45) is 5.41 Å². The Balaban J connectivity index is 1.40. The SMILES string of the molecule is COc1nc(Nc2cn(C3CCN(C4CC4(C)C=O)CC3)nc2C)ncc1Cl. The van der Waals surface area contributed by atoms with E-state index in [1.807, 2.05) is 17.8 Å². The lowest BCUT2D eigenvalue weighted by Gasteiger charge is -2.33. The standard InChI is InChI=1S/C19H25ClN6O2/c1-12-15(22-18-21-9-14(20)17(23-18)28-3)10-26(24-12)13-4-6-25(7-5-13)16-8-19(16,2)11-27/h9-11,13,16H,4-8H2,1-3H3,(H,21,22,23). The van der Waals surface area contributed by atoms with Crippen molar-refractivity contribution in [2.75, 3.05) is 25.5 Å². The van der Waals surface area contributed by atoms with Gasteiger partial charge in [-0.1, -0.05) is 18.5 Å². The summed E-state index contributed by atoms with van der Waals surface area (Å²) >= 11 is 5.98. The Morgan fingerprint density at radius 3 is 2.79 bits per heavy atom. The number of carbonyl (C=O) groups is 1. The monoisotopic (exact) mass is 404 g/mol. The second-order valence-electron chi connectivity index (χ2n) is 7.89. The molecule has 1 N–H and O–H groups in total. The van der Waals surface area contributed by atoms with Crippen molar-refractivity contribution in [3.05, 3.63) is 23.1 Å². The first-order valence-corrected chi connectivity index (χ1v) is 9.91. The molecule has 1 aliphatic heterocycles. The van der Waals surface area contributed by atoms with Crippen molar-refractivity contribution in [3.8, 4) is 5.88 Å². The van der Waals surface area contributed by atoms with Crippen molar-refractivity contribution in [1.29, 1.82) is 0 Å². The third-order valence-corrected chi connectivity index (χ3v) is 6.15. The van der Waals surface area contributed by atoms with Crippen LogP contribution in [0.4, 0.5) is 11.6 Å². The molecule has 2 aliphatic rings. The van der Waals surface area contributed by atoms with Crippen LogP contribution in [0.2, 0.25) is 5.02 Å². The van der Waals surface area contributed by atoms with Crippen molar-refractivity contribution in [1.82, 2.24) is 24.6 Å². The number of nitrogens with one attached hydrogen (secondary N) is 1. The van der Waals surface area contributed by atoms with E-state index in [4.69, 9.17) is 16.3 Å². The molecule has 2 unspecified atom stereocenters. The van der Waals surface area contributed by atoms with Gasteiger partial charge in [-0.25, -0.2) is 4.98 Å². The highest BCUT2D eigenvalue weighted by atomic mass is 35.5. The zero-order valence-corrected chi connectivity index (χ0v) is 17.1. The summed E-state index contributed by atoms with van der Waals surface area (Å²) in [5.74, 6) is 0.750. The number of halogens is 1. The maximum absolute atomic E-state index is 11.2. The smallest absolute Gasteiger partial charge is 0.237 e. The van der Waals surface area contributed by atoms with Gasteiger partial charge in [0.15, 0.2) is 0 Å². The Morgan fingerprint density at radius 2 is 2.14 bits per heavy atom. The molecule has 0 spiro atoms. The molecule has 2 atom stereocenters. The van der Waals surface area contributed by atoms with E-state index in [0.717, 1.165) is 50.0 Å². The Hall–Kier alpha value is -2.19. The van der Waals surface area contributed by atoms with Crippen LogP contribution in [0.25, 0.3) is 0 Å². The highest BCUT2D eigenvalue weighted by molar-refractivity contribution is 6.31. The average molecular weight is 405 g/mol. The van der Waals surface area contributed by atoms with Crippen LogP contribution in [0.5, 0.6) is 5.88 Å². The highest BCUT2D eigenvalue weighted by Crippen LogP contribution is 2.48. The van der Waals surface area contributed by atoms with E-state index in [-0.39, 0.29) is 5.41 Å². The van der Waals surface area contributed by atoms with Gasteiger partial charge in [-0.05, 0) is 26.2 Å². The molecule has 2 fully saturated rings. The molecule has 4 rings (SSSR count). The summed E-state index contributed by atoms with van der Waals surface area (Å²) < 4.78 is 7.18. The summed E-state index contributed by atoms with van der Waals surface area (Å²) in [6.45, 7) is 6.01. The Kier molecular flexibility index (Phi) is 5.01. The van der Waals surface area contributed by atoms with E-state index in [2.05, 4.69) is 32.2 Å². The molecule has 2 aromatic heterocycles. The molecule has 28 heavy (non-hydrogen) atoms. The summed E-state index contributed by atoms with van der Waals surface area (Å²) in [7, 11) is 1.52. The molecule has 0 aromatic carbocycles. The first-order chi connectivity index (χ1) is 13.4. The zero-order valence-electron chi connectivity index (χ0n) is 16.4. The number of aldehydes is 1. The molecule has 8 nitrogen and oxygen atoms in total. The predicted molar refractivity (Wildman–Crippen MR) is 106 cm³/mol. The van der Waals surface area contributed by atoms with Crippen molar-refractivity contribution in [2.45, 2.75) is 45.2 Å². The van der Waals surface area contributed by atoms with Crippen LogP contribution in [-0.4, -0.2) is 57.2 Å². The van der Waals surface area contributed by atoms with Gasteiger partial charge in [-0.15, -0.1) is 0 Å². The van der Waals surface area contributed by atoms with Crippen molar-refractivity contribution >= 4 is 29.5 Å². The molecule has 1 aliphatic carbocycles. The molecule has 2 aromatic rings. The number of carbonyl (C=O) groups excluding carboxylic acids is 1. The van der Waals surface area contributed by atoms with Gasteiger partial charge in [0.2, 0.25) is 11.8 Å². The largest absolute Gasteiger partial charge is 0.480 e. The fourth-order valence-electron chi connectivity index (χ4n) is 3.96. The Morgan fingerprint density at radius 1 is 1.39 bits per heavy atom. The predicted octanol–water partition coefficient (Wildman–Crippen LogP) is 3.00. The van der Waals surface area contributed by atoms with E-state index in [9.17, 15) is 4.79 Å². The van der Waals surface area contributed by atoms with Crippen LogP contribution in [0, 0.1) is 12.3 Å². The first kappa shape index (κ1) is 19.1. The lowest BCUT2D eigenvalue weighted by Crippen LogP contribution is -2.38. The summed E-state index contributed by atoms with van der Waals surface area (Å²) in [5, 5.41) is 8.25. The molecule has 150 valence electrons. The van der Waals surface area contributed by atoms with Gasteiger partial charge in [0.1, 0.15) is 11.3 Å². The lowest BCUT2D eigenvalue weighted by molar-refractivity contribution is -0.112. The second kappa shape index (κ2) is 7.33. The minimum Gasteiger partial charge on any atom is -0.480 e. The van der Waals surface area contributed by atoms with Crippen LogP contribution >= 0.6 is 11.6 Å². The molecule has 0 radical (unpaired) electrons. The molecule has 9 heteroatoms. The number of likely N-dealkylation sites (tertiary alicyclic amines) is 1. The number of rotatable bonds is 6. The maximum Gasteiger partial charge on any atom is 0.237 e. The normalized spacial score (nSPS) is 25.5. The molecule has 1 saturated heterocycles. The molecular weight excluding hydrogens is 380 g/mol. The van der Waals surface area contributed by atoms with Crippen molar-refractivity contribution in [3.63, 3.8) is 0 Å². The number of piperidine rings is 1. The molecule has 0 amide bonds. The van der Waals surface area contributed by atoms with Crippen LogP contribution in [-0.2, 0) is 4.79 Å². The molecule has 3 heterocycles. The first-order valence-electron chi connectivity index (χ1n) is 9.53. The summed E-state index contributed by atoms with van der Waals surface area (Å²) in [4.78, 5) is 22.1. The minimum absolute atomic E-state index is 0.133. The summed E-state index contributed by atoms with van der Waals surface area (Å²) in [6.07, 6.45) is 7.67. The number of methoxy groups -OCH3 is 1. The van der Waals surface area contributed by atoms with Gasteiger partial charge in [0.25, 0.3) is 0 Å². The van der Waals surface area contributed by atoms with E-state index in [1.54, 1.807) is 0 Å². The average Bonchev–Trinajstić information content (AvgIpc) is 3.27. The lowest BCUT2D eigenvalue weighted by atomic mass is 10.0. The van der Waals surface area contributed by atoms with Gasteiger partial charge >= 0.3 is 0 Å². The Labute approximate surface area is 169 Å². The fraction of sp³-hybridized carbons (Fsp3) is 0.579. The van der Waals surface area contributed by atoms with Gasteiger partial charge in [0.05, 0.1) is 30.7 Å². The van der Waals surface area contributed by atoms with Crippen LogP contribution in [0.1, 0.15) is 37.9 Å². The van der Waals surface area contributed by atoms with E-state index in [1.165, 1.54) is 13.3 Å². The number of hydrogen-bond acceptors (Lipinski definition) is 7. The van der Waals surface area contributed by atoms with Gasteiger partial charge in [-0.2, -0.15) is 10.1 Å². The Bertz CT molecular complexity index is 879. The fourth-order valence-corrected chi connectivity index (χ4v) is 4.13. The van der Waals surface area contributed by atoms with E-state index < -0.39 is 0 Å². The number of aryl methyl sites for hydroxylation is 1. The third kappa shape index (κ3) is 3.58. The minimum atomic E-state index is -0.133. The van der Waals surface area contributed by atoms with Gasteiger partial charge in [-0.3, -0.25) is 9.58 Å². The number of aromatic nitrogens is 4. The molecular formula is C19H25ClN6O2. The quantitative estimate of drug-likeness (QED) is 0.740. The van der Waals surface area contributed by atoms with Crippen LogP contribution < -0.4 is 10.1 Å². The van der Waals surface area contributed by atoms with Gasteiger partial charge < -0.3 is 14.8 Å². The number of nitrogens with zero attached hydrogens (tertiary/aromatic N) is 5. The number of hydrogen-bond donors (Lipinski definition) is 1. The summed E-state index contributed by atoms with van der Waals surface area (Å²) in [6, 6.07) is 0.770. The highest BCUT2D eigenvalue weighted by Gasteiger charge is 2.53. The van der Waals surface area contributed by atoms with E-state index >= 15 is 0 Å². The van der Waals surface area contributed by atoms with Gasteiger partial charge in [0, 0.05) is 30.7 Å². The second-order valence-corrected chi connectivity index (χ2v) is 8.30. The van der Waals surface area contributed by atoms with Crippen molar-refractivity contribution < 1.29 is 9.53 Å². The topological polar surface area (TPSA) is 85.2 Å². The third-order valence-electron chi connectivity index (χ3n) is 5.89. The van der Waals surface area contributed by atoms with E-state index in [0.29, 0.717) is 28.9 Å². The zero-order chi connectivity index (χ0) is 19.9. The molecule has 0 bridgehead atoms. The number of anilines is 2.